The van der Waals surface area contributed by atoms with E-state index in [1.54, 1.807) is 7.11 Å². The van der Waals surface area contributed by atoms with E-state index in [0.29, 0.717) is 18.4 Å². The van der Waals surface area contributed by atoms with Crippen molar-refractivity contribution in [3.8, 4) is 0 Å². The molecule has 0 saturated heterocycles. The molecule has 0 N–H and O–H groups in total. The van der Waals surface area contributed by atoms with E-state index in [4.69, 9.17) is 4.74 Å². The normalized spacial score (nSPS) is 20.7. The summed E-state index contributed by atoms with van der Waals surface area (Å²) in [6, 6.07) is 17.6. The largest absolute Gasteiger partial charge is 0.380 e. The molecule has 2 aromatic rings. The van der Waals surface area contributed by atoms with E-state index in [1.807, 2.05) is 6.08 Å². The SMILES string of the molecule is C=Cc1ccc(/C=C/[C@H]2CC[C@H](c3ccc(COC)cc3)CC2)cc1. The van der Waals surface area contributed by atoms with Crippen LogP contribution in [0.1, 0.15) is 53.9 Å². The molecule has 0 heterocycles. The van der Waals surface area contributed by atoms with Gasteiger partial charge in [-0.2, -0.15) is 0 Å². The van der Waals surface area contributed by atoms with Crippen molar-refractivity contribution in [2.24, 2.45) is 5.92 Å². The molecule has 2 aromatic carbocycles. The average molecular weight is 332 g/mol. The Balaban J connectivity index is 1.52. The van der Waals surface area contributed by atoms with Gasteiger partial charge in [-0.1, -0.05) is 73.3 Å². The molecule has 1 nitrogen and oxygen atoms in total. The first-order valence-corrected chi connectivity index (χ1v) is 9.27. The number of ether oxygens (including phenoxy) is 1. The van der Waals surface area contributed by atoms with Gasteiger partial charge in [-0.25, -0.2) is 0 Å². The van der Waals surface area contributed by atoms with Crippen LogP contribution in [0.15, 0.2) is 61.2 Å². The second-order valence-corrected chi connectivity index (χ2v) is 7.02. The quantitative estimate of drug-likeness (QED) is 0.589. The van der Waals surface area contributed by atoms with Crippen molar-refractivity contribution in [3.05, 3.63) is 83.4 Å². The van der Waals surface area contributed by atoms with Crippen LogP contribution < -0.4 is 0 Å². The summed E-state index contributed by atoms with van der Waals surface area (Å²) < 4.78 is 5.19. The summed E-state index contributed by atoms with van der Waals surface area (Å²) in [7, 11) is 1.75. The summed E-state index contributed by atoms with van der Waals surface area (Å²) in [6.07, 6.45) is 11.7. The van der Waals surface area contributed by atoms with E-state index in [9.17, 15) is 0 Å². The zero-order valence-electron chi connectivity index (χ0n) is 15.2. The van der Waals surface area contributed by atoms with Crippen LogP contribution in [0, 0.1) is 5.92 Å². The molecule has 25 heavy (non-hydrogen) atoms. The van der Waals surface area contributed by atoms with Crippen molar-refractivity contribution in [1.82, 2.24) is 0 Å². The summed E-state index contributed by atoms with van der Waals surface area (Å²) in [5.41, 5.74) is 5.20. The van der Waals surface area contributed by atoms with Gasteiger partial charge in [-0.3, -0.25) is 0 Å². The minimum atomic E-state index is 0.700. The molecular formula is C24H28O. The third-order valence-electron chi connectivity index (χ3n) is 5.27. The molecule has 1 saturated carbocycles. The van der Waals surface area contributed by atoms with Gasteiger partial charge in [0, 0.05) is 7.11 Å². The Morgan fingerprint density at radius 1 is 0.920 bits per heavy atom. The number of hydrogen-bond donors (Lipinski definition) is 0. The molecule has 3 rings (SSSR count). The van der Waals surface area contributed by atoms with Gasteiger partial charge in [0.2, 0.25) is 0 Å². The molecule has 0 amide bonds. The molecule has 0 aliphatic heterocycles. The second-order valence-electron chi connectivity index (χ2n) is 7.02. The van der Waals surface area contributed by atoms with Crippen molar-refractivity contribution in [2.75, 3.05) is 7.11 Å². The predicted molar refractivity (Wildman–Crippen MR) is 107 cm³/mol. The molecule has 0 unspecified atom stereocenters. The molecule has 0 aromatic heterocycles. The maximum Gasteiger partial charge on any atom is 0.0713 e. The molecule has 0 spiro atoms. The summed E-state index contributed by atoms with van der Waals surface area (Å²) in [6.45, 7) is 4.50. The fraction of sp³-hybridized carbons (Fsp3) is 0.333. The number of allylic oxidation sites excluding steroid dienone is 1. The maximum atomic E-state index is 5.19. The fourth-order valence-corrected chi connectivity index (χ4v) is 3.69. The summed E-state index contributed by atoms with van der Waals surface area (Å²) in [5, 5.41) is 0. The number of rotatable bonds is 6. The zero-order valence-corrected chi connectivity index (χ0v) is 15.2. The van der Waals surface area contributed by atoms with Gasteiger partial charge >= 0.3 is 0 Å². The molecule has 1 fully saturated rings. The lowest BCUT2D eigenvalue weighted by molar-refractivity contribution is 0.185. The predicted octanol–water partition coefficient (Wildman–Crippen LogP) is 6.46. The van der Waals surface area contributed by atoms with Crippen LogP contribution in [0.3, 0.4) is 0 Å². The van der Waals surface area contributed by atoms with E-state index in [2.05, 4.69) is 67.3 Å². The lowest BCUT2D eigenvalue weighted by Crippen LogP contribution is -2.11. The monoisotopic (exact) mass is 332 g/mol. The Morgan fingerprint density at radius 2 is 1.56 bits per heavy atom. The molecule has 0 radical (unpaired) electrons. The van der Waals surface area contributed by atoms with E-state index in [-0.39, 0.29) is 0 Å². The minimum absolute atomic E-state index is 0.700. The third-order valence-corrected chi connectivity index (χ3v) is 5.27. The Labute approximate surface area is 152 Å². The molecule has 1 aliphatic rings. The summed E-state index contributed by atoms with van der Waals surface area (Å²) in [4.78, 5) is 0. The van der Waals surface area contributed by atoms with Gasteiger partial charge in [0.25, 0.3) is 0 Å². The van der Waals surface area contributed by atoms with E-state index in [1.165, 1.54) is 47.9 Å². The average Bonchev–Trinajstić information content (AvgIpc) is 2.68. The van der Waals surface area contributed by atoms with Crippen LogP contribution >= 0.6 is 0 Å². The first-order chi connectivity index (χ1) is 12.3. The number of methoxy groups -OCH3 is 1. The molecule has 0 atom stereocenters. The van der Waals surface area contributed by atoms with Crippen LogP contribution in [0.5, 0.6) is 0 Å². The van der Waals surface area contributed by atoms with Crippen molar-refractivity contribution < 1.29 is 4.74 Å². The van der Waals surface area contributed by atoms with Gasteiger partial charge in [0.05, 0.1) is 6.61 Å². The first-order valence-electron chi connectivity index (χ1n) is 9.27. The number of hydrogen-bond acceptors (Lipinski definition) is 1. The Bertz CT molecular complexity index is 686. The van der Waals surface area contributed by atoms with E-state index < -0.39 is 0 Å². The van der Waals surface area contributed by atoms with Gasteiger partial charge < -0.3 is 4.74 Å². The smallest absolute Gasteiger partial charge is 0.0713 e. The van der Waals surface area contributed by atoms with Crippen LogP contribution in [0.25, 0.3) is 12.2 Å². The van der Waals surface area contributed by atoms with Crippen molar-refractivity contribution in [2.45, 2.75) is 38.2 Å². The lowest BCUT2D eigenvalue weighted by Gasteiger charge is -2.27. The highest BCUT2D eigenvalue weighted by molar-refractivity contribution is 5.54. The third kappa shape index (κ3) is 4.93. The first kappa shape index (κ1) is 17.7. The fourth-order valence-electron chi connectivity index (χ4n) is 3.69. The number of benzene rings is 2. The lowest BCUT2D eigenvalue weighted by atomic mass is 9.78. The van der Waals surface area contributed by atoms with Gasteiger partial charge in [-0.05, 0) is 59.8 Å². The van der Waals surface area contributed by atoms with E-state index >= 15 is 0 Å². The molecule has 130 valence electrons. The maximum absolute atomic E-state index is 5.19. The van der Waals surface area contributed by atoms with Crippen molar-refractivity contribution in [3.63, 3.8) is 0 Å². The van der Waals surface area contributed by atoms with Gasteiger partial charge in [0.1, 0.15) is 0 Å². The Kier molecular flexibility index (Phi) is 6.25. The summed E-state index contributed by atoms with van der Waals surface area (Å²) >= 11 is 0. The van der Waals surface area contributed by atoms with Gasteiger partial charge in [0.15, 0.2) is 0 Å². The van der Waals surface area contributed by atoms with Crippen LogP contribution in [0.2, 0.25) is 0 Å². The summed E-state index contributed by atoms with van der Waals surface area (Å²) in [5.74, 6) is 1.43. The minimum Gasteiger partial charge on any atom is -0.380 e. The zero-order chi connectivity index (χ0) is 17.5. The second kappa shape index (κ2) is 8.82. The topological polar surface area (TPSA) is 9.23 Å². The standard InChI is InChI=1S/C24H28O/c1-3-19-4-6-20(7-5-19)8-9-21-10-14-23(15-11-21)24-16-12-22(13-17-24)18-25-2/h3-9,12-13,16-17,21,23H,1,10-11,14-15,18H2,2H3/b9-8+/t21-,23-. The highest BCUT2D eigenvalue weighted by Crippen LogP contribution is 2.36. The van der Waals surface area contributed by atoms with Crippen LogP contribution in [-0.4, -0.2) is 7.11 Å². The van der Waals surface area contributed by atoms with Crippen LogP contribution in [-0.2, 0) is 11.3 Å². The van der Waals surface area contributed by atoms with E-state index in [0.717, 1.165) is 0 Å². The van der Waals surface area contributed by atoms with Crippen LogP contribution in [0.4, 0.5) is 0 Å². The van der Waals surface area contributed by atoms with Gasteiger partial charge in [-0.15, -0.1) is 0 Å². The van der Waals surface area contributed by atoms with Crippen molar-refractivity contribution in [1.29, 1.82) is 0 Å². The molecule has 0 bridgehead atoms. The van der Waals surface area contributed by atoms with Crippen molar-refractivity contribution >= 4 is 12.2 Å². The Hall–Kier alpha value is -2.12. The molecular weight excluding hydrogens is 304 g/mol. The Morgan fingerprint density at radius 3 is 2.16 bits per heavy atom. The highest BCUT2D eigenvalue weighted by atomic mass is 16.5. The highest BCUT2D eigenvalue weighted by Gasteiger charge is 2.20. The molecule has 1 aliphatic carbocycles. The molecule has 1 heteroatoms.